The molecule has 0 fully saturated rings. The number of carbonyl (C=O) groups is 4. The van der Waals surface area contributed by atoms with Crippen molar-refractivity contribution >= 4 is 46.3 Å². The number of fused-ring (bicyclic) bond motifs is 1. The molecule has 2 N–H and O–H groups in total. The molecule has 0 spiro atoms. The number of hydrogen-bond acceptors (Lipinski definition) is 6. The van der Waals surface area contributed by atoms with E-state index in [0.29, 0.717) is 29.3 Å². The number of carbonyl (C=O) groups excluding carboxylic acids is 4. The molecule has 168 valence electrons. The van der Waals surface area contributed by atoms with E-state index in [1.165, 1.54) is 34.4 Å². The molecule has 2 heterocycles. The Bertz CT molecular complexity index is 1220. The van der Waals surface area contributed by atoms with Crippen molar-refractivity contribution in [2.24, 2.45) is 0 Å². The van der Waals surface area contributed by atoms with Gasteiger partial charge in [-0.25, -0.2) is 0 Å². The third-order valence-electron chi connectivity index (χ3n) is 5.09. The number of nitrogens with zero attached hydrogens (tertiary/aromatic N) is 1. The maximum absolute atomic E-state index is 12.8. The number of methoxy groups -OCH3 is 1. The third kappa shape index (κ3) is 4.84. The highest BCUT2D eigenvalue weighted by atomic mass is 32.1. The van der Waals surface area contributed by atoms with Gasteiger partial charge in [0, 0.05) is 37.2 Å². The van der Waals surface area contributed by atoms with E-state index in [1.54, 1.807) is 43.5 Å². The fourth-order valence-electron chi connectivity index (χ4n) is 3.48. The molecule has 0 unspecified atom stereocenters. The highest BCUT2D eigenvalue weighted by molar-refractivity contribution is 7.12. The zero-order valence-electron chi connectivity index (χ0n) is 17.8. The van der Waals surface area contributed by atoms with Crippen LogP contribution in [0.25, 0.3) is 0 Å². The Morgan fingerprint density at radius 2 is 1.64 bits per heavy atom. The van der Waals surface area contributed by atoms with Crippen LogP contribution in [0, 0.1) is 0 Å². The third-order valence-corrected chi connectivity index (χ3v) is 5.95. The zero-order chi connectivity index (χ0) is 23.4. The lowest BCUT2D eigenvalue weighted by molar-refractivity contribution is 0.0638. The van der Waals surface area contributed by atoms with Gasteiger partial charge < -0.3 is 15.4 Å². The molecule has 1 aromatic heterocycles. The van der Waals surface area contributed by atoms with Gasteiger partial charge in [0.2, 0.25) is 0 Å². The molecular weight excluding hydrogens is 442 g/mol. The number of rotatable bonds is 8. The van der Waals surface area contributed by atoms with E-state index in [2.05, 4.69) is 10.6 Å². The molecule has 0 atom stereocenters. The number of ether oxygens (including phenoxy) is 1. The van der Waals surface area contributed by atoms with Crippen LogP contribution in [0.4, 0.5) is 11.4 Å². The van der Waals surface area contributed by atoms with Crippen molar-refractivity contribution in [3.05, 3.63) is 81.5 Å². The van der Waals surface area contributed by atoms with Gasteiger partial charge in [-0.2, -0.15) is 0 Å². The second-order valence-corrected chi connectivity index (χ2v) is 8.28. The first-order chi connectivity index (χ1) is 16.0. The molecule has 33 heavy (non-hydrogen) atoms. The van der Waals surface area contributed by atoms with Gasteiger partial charge in [-0.15, -0.1) is 11.3 Å². The van der Waals surface area contributed by atoms with Crippen molar-refractivity contribution in [2.75, 3.05) is 30.9 Å². The van der Waals surface area contributed by atoms with Crippen LogP contribution < -0.4 is 10.6 Å². The van der Waals surface area contributed by atoms with Gasteiger partial charge in [0.1, 0.15) is 0 Å². The number of hydrogen-bond donors (Lipinski definition) is 2. The normalized spacial score (nSPS) is 12.6. The minimum absolute atomic E-state index is 0.210. The van der Waals surface area contributed by atoms with Crippen LogP contribution in [-0.2, 0) is 4.74 Å². The van der Waals surface area contributed by atoms with Crippen molar-refractivity contribution in [2.45, 2.75) is 6.42 Å². The Morgan fingerprint density at radius 3 is 2.33 bits per heavy atom. The van der Waals surface area contributed by atoms with Gasteiger partial charge in [-0.05, 0) is 54.3 Å². The van der Waals surface area contributed by atoms with Crippen LogP contribution in [-0.4, -0.2) is 48.8 Å². The first-order valence-corrected chi connectivity index (χ1v) is 11.1. The van der Waals surface area contributed by atoms with E-state index < -0.39 is 11.8 Å². The first-order valence-electron chi connectivity index (χ1n) is 10.2. The molecule has 0 aliphatic carbocycles. The fraction of sp³-hybridized carbons (Fsp3) is 0.167. The molecule has 0 saturated carbocycles. The summed E-state index contributed by atoms with van der Waals surface area (Å²) in [7, 11) is 1.56. The van der Waals surface area contributed by atoms with Crippen LogP contribution in [0.1, 0.15) is 47.2 Å². The number of thiophene rings is 1. The Balaban J connectivity index is 1.45. The molecule has 2 aromatic carbocycles. The molecule has 0 saturated heterocycles. The number of benzene rings is 2. The van der Waals surface area contributed by atoms with Gasteiger partial charge in [0.15, 0.2) is 0 Å². The molecule has 1 aliphatic rings. The van der Waals surface area contributed by atoms with Crippen LogP contribution in [0.3, 0.4) is 0 Å². The average Bonchev–Trinajstić information content (AvgIpc) is 3.43. The maximum atomic E-state index is 12.8. The number of anilines is 2. The van der Waals surface area contributed by atoms with Gasteiger partial charge in [0.25, 0.3) is 23.6 Å². The number of imide groups is 1. The molecule has 3 aromatic rings. The summed E-state index contributed by atoms with van der Waals surface area (Å²) in [5.74, 6) is -1.45. The minimum atomic E-state index is -0.433. The fourth-order valence-corrected chi connectivity index (χ4v) is 4.10. The summed E-state index contributed by atoms with van der Waals surface area (Å²) in [4.78, 5) is 52.0. The van der Waals surface area contributed by atoms with E-state index in [1.807, 2.05) is 5.38 Å². The molecule has 1 aliphatic heterocycles. The Morgan fingerprint density at radius 1 is 0.909 bits per heavy atom. The molecule has 0 bridgehead atoms. The predicted octanol–water partition coefficient (Wildman–Crippen LogP) is 3.89. The van der Waals surface area contributed by atoms with Crippen molar-refractivity contribution in [3.8, 4) is 0 Å². The van der Waals surface area contributed by atoms with Gasteiger partial charge in [-0.1, -0.05) is 12.1 Å². The predicted molar refractivity (Wildman–Crippen MR) is 125 cm³/mol. The molecule has 4 amide bonds. The summed E-state index contributed by atoms with van der Waals surface area (Å²) in [6.45, 7) is 0.694. The average molecular weight is 464 g/mol. The van der Waals surface area contributed by atoms with E-state index in [0.717, 1.165) is 0 Å². The van der Waals surface area contributed by atoms with Crippen molar-refractivity contribution < 1.29 is 23.9 Å². The highest BCUT2D eigenvalue weighted by Gasteiger charge is 2.35. The minimum Gasteiger partial charge on any atom is -0.385 e. The summed E-state index contributed by atoms with van der Waals surface area (Å²) in [5, 5.41) is 7.37. The summed E-state index contributed by atoms with van der Waals surface area (Å²) >= 11 is 1.33. The molecular formula is C24H21N3O5S. The summed E-state index contributed by atoms with van der Waals surface area (Å²) in [6.07, 6.45) is 0.536. The second-order valence-electron chi connectivity index (χ2n) is 7.34. The van der Waals surface area contributed by atoms with Crippen molar-refractivity contribution in [1.29, 1.82) is 0 Å². The van der Waals surface area contributed by atoms with E-state index in [4.69, 9.17) is 4.74 Å². The van der Waals surface area contributed by atoms with Gasteiger partial charge >= 0.3 is 0 Å². The van der Waals surface area contributed by atoms with E-state index >= 15 is 0 Å². The molecule has 8 nitrogen and oxygen atoms in total. The van der Waals surface area contributed by atoms with Crippen molar-refractivity contribution in [3.63, 3.8) is 0 Å². The largest absolute Gasteiger partial charge is 0.385 e. The van der Waals surface area contributed by atoms with Gasteiger partial charge in [0.05, 0.1) is 16.0 Å². The van der Waals surface area contributed by atoms with Gasteiger partial charge in [-0.3, -0.25) is 24.1 Å². The lowest BCUT2D eigenvalue weighted by Gasteiger charge is -2.12. The quantitative estimate of drug-likeness (QED) is 0.390. The number of amides is 4. The topological polar surface area (TPSA) is 105 Å². The van der Waals surface area contributed by atoms with Crippen LogP contribution in [0.15, 0.2) is 60.0 Å². The second kappa shape index (κ2) is 9.76. The molecule has 9 heteroatoms. The van der Waals surface area contributed by atoms with E-state index in [-0.39, 0.29) is 35.0 Å². The molecule has 0 radical (unpaired) electrons. The monoisotopic (exact) mass is 463 g/mol. The van der Waals surface area contributed by atoms with Crippen molar-refractivity contribution in [1.82, 2.24) is 4.90 Å². The first kappa shape index (κ1) is 22.4. The van der Waals surface area contributed by atoms with E-state index in [9.17, 15) is 19.2 Å². The Labute approximate surface area is 194 Å². The summed E-state index contributed by atoms with van der Waals surface area (Å²) < 4.78 is 4.98. The van der Waals surface area contributed by atoms with Crippen LogP contribution in [0.5, 0.6) is 0 Å². The summed E-state index contributed by atoms with van der Waals surface area (Å²) in [6, 6.07) is 14.7. The Hall–Kier alpha value is -3.82. The Kier molecular flexibility index (Phi) is 6.62. The maximum Gasteiger partial charge on any atom is 0.265 e. The lowest BCUT2D eigenvalue weighted by Crippen LogP contribution is -2.31. The standard InChI is InChI=1S/C24H21N3O5S/c1-32-11-4-10-27-23(30)18-9-8-15(13-19(18)24(27)31)21(28)25-16-5-2-6-17(14-16)26-22(29)20-7-3-12-33-20/h2-3,5-9,12-14H,4,10-11H2,1H3,(H,25,28)(H,26,29). The smallest absolute Gasteiger partial charge is 0.265 e. The van der Waals surface area contributed by atoms with Crippen LogP contribution in [0.2, 0.25) is 0 Å². The SMILES string of the molecule is COCCCN1C(=O)c2ccc(C(=O)Nc3cccc(NC(=O)c4cccs4)c3)cc2C1=O. The number of nitrogens with one attached hydrogen (secondary N) is 2. The summed E-state index contributed by atoms with van der Waals surface area (Å²) in [5.41, 5.74) is 1.76. The molecule has 4 rings (SSSR count). The zero-order valence-corrected chi connectivity index (χ0v) is 18.6. The highest BCUT2D eigenvalue weighted by Crippen LogP contribution is 2.25. The van der Waals surface area contributed by atoms with Crippen LogP contribution >= 0.6 is 11.3 Å². The lowest BCUT2D eigenvalue weighted by atomic mass is 10.1.